The number of aromatic nitrogens is 1. The molecule has 18 heavy (non-hydrogen) atoms. The molecule has 0 fully saturated rings. The number of anilines is 2. The van der Waals surface area contributed by atoms with Crippen LogP contribution in [0.2, 0.25) is 0 Å². The molecular formula is C12H17N3OS2. The SMILES string of the molecule is Nc1c(NCCSCCCO)ccc2scnc12. The van der Waals surface area contributed by atoms with Crippen molar-refractivity contribution in [3.05, 3.63) is 17.6 Å². The summed E-state index contributed by atoms with van der Waals surface area (Å²) >= 11 is 3.43. The molecule has 2 rings (SSSR count). The van der Waals surface area contributed by atoms with Crippen molar-refractivity contribution in [1.29, 1.82) is 0 Å². The second-order valence-corrected chi connectivity index (χ2v) is 5.95. The molecule has 0 atom stereocenters. The van der Waals surface area contributed by atoms with Gasteiger partial charge in [0.2, 0.25) is 0 Å². The van der Waals surface area contributed by atoms with E-state index >= 15 is 0 Å². The van der Waals surface area contributed by atoms with E-state index in [0.29, 0.717) is 0 Å². The van der Waals surface area contributed by atoms with Crippen LogP contribution in [-0.4, -0.2) is 34.7 Å². The summed E-state index contributed by atoms with van der Waals surface area (Å²) in [6.07, 6.45) is 0.859. The number of benzene rings is 1. The number of aliphatic hydroxyl groups is 1. The van der Waals surface area contributed by atoms with E-state index in [0.717, 1.165) is 46.1 Å². The van der Waals surface area contributed by atoms with Crippen LogP contribution in [0.4, 0.5) is 11.4 Å². The number of nitrogens with zero attached hydrogens (tertiary/aromatic N) is 1. The van der Waals surface area contributed by atoms with Gasteiger partial charge in [-0.15, -0.1) is 11.3 Å². The second-order valence-electron chi connectivity index (χ2n) is 3.84. The van der Waals surface area contributed by atoms with Gasteiger partial charge in [-0.1, -0.05) is 0 Å². The third-order valence-electron chi connectivity index (χ3n) is 2.55. The number of hydrogen-bond donors (Lipinski definition) is 3. The Bertz CT molecular complexity index is 501. The lowest BCUT2D eigenvalue weighted by molar-refractivity contribution is 0.296. The molecule has 0 spiro atoms. The van der Waals surface area contributed by atoms with Crippen molar-refractivity contribution in [1.82, 2.24) is 4.98 Å². The zero-order chi connectivity index (χ0) is 12.8. The second kappa shape index (κ2) is 6.82. The molecule has 0 amide bonds. The first-order chi connectivity index (χ1) is 8.83. The van der Waals surface area contributed by atoms with Crippen LogP contribution >= 0.6 is 23.1 Å². The largest absolute Gasteiger partial charge is 0.396 e. The summed E-state index contributed by atoms with van der Waals surface area (Å²) in [7, 11) is 0. The van der Waals surface area contributed by atoms with E-state index in [2.05, 4.69) is 10.3 Å². The van der Waals surface area contributed by atoms with Crippen molar-refractivity contribution < 1.29 is 5.11 Å². The van der Waals surface area contributed by atoms with E-state index < -0.39 is 0 Å². The first-order valence-electron chi connectivity index (χ1n) is 5.87. The fourth-order valence-electron chi connectivity index (χ4n) is 1.63. The number of hydrogen-bond acceptors (Lipinski definition) is 6. The van der Waals surface area contributed by atoms with Crippen LogP contribution in [0.3, 0.4) is 0 Å². The lowest BCUT2D eigenvalue weighted by atomic mass is 10.2. The van der Waals surface area contributed by atoms with E-state index in [9.17, 15) is 0 Å². The van der Waals surface area contributed by atoms with Crippen LogP contribution in [0.15, 0.2) is 17.6 Å². The Labute approximate surface area is 115 Å². The molecule has 0 aliphatic carbocycles. The quantitative estimate of drug-likeness (QED) is 0.537. The molecule has 2 aromatic rings. The third kappa shape index (κ3) is 3.28. The Morgan fingerprint density at radius 3 is 3.11 bits per heavy atom. The van der Waals surface area contributed by atoms with Crippen LogP contribution in [0.1, 0.15) is 6.42 Å². The van der Waals surface area contributed by atoms with Gasteiger partial charge in [0.1, 0.15) is 5.52 Å². The average Bonchev–Trinajstić information content (AvgIpc) is 2.85. The molecule has 0 radical (unpaired) electrons. The van der Waals surface area contributed by atoms with Crippen LogP contribution in [0.25, 0.3) is 10.2 Å². The molecule has 6 heteroatoms. The zero-order valence-electron chi connectivity index (χ0n) is 10.1. The predicted molar refractivity (Wildman–Crippen MR) is 81.5 cm³/mol. The normalized spacial score (nSPS) is 10.9. The Kier molecular flexibility index (Phi) is 5.10. The van der Waals surface area contributed by atoms with Gasteiger partial charge in [-0.3, -0.25) is 0 Å². The fourth-order valence-corrected chi connectivity index (χ4v) is 3.11. The van der Waals surface area contributed by atoms with Gasteiger partial charge in [0.05, 0.1) is 21.6 Å². The highest BCUT2D eigenvalue weighted by atomic mass is 32.2. The molecular weight excluding hydrogens is 266 g/mol. The van der Waals surface area contributed by atoms with Gasteiger partial charge < -0.3 is 16.2 Å². The zero-order valence-corrected chi connectivity index (χ0v) is 11.7. The van der Waals surface area contributed by atoms with Crippen molar-refractivity contribution >= 4 is 44.7 Å². The van der Waals surface area contributed by atoms with Crippen molar-refractivity contribution in [2.45, 2.75) is 6.42 Å². The van der Waals surface area contributed by atoms with Gasteiger partial charge in [0.25, 0.3) is 0 Å². The first-order valence-corrected chi connectivity index (χ1v) is 7.90. The number of nitrogens with two attached hydrogens (primary N) is 1. The van der Waals surface area contributed by atoms with Crippen LogP contribution < -0.4 is 11.1 Å². The average molecular weight is 283 g/mol. The van der Waals surface area contributed by atoms with Crippen molar-refractivity contribution in [3.63, 3.8) is 0 Å². The lowest BCUT2D eigenvalue weighted by Gasteiger charge is -2.09. The number of thiazole rings is 1. The highest BCUT2D eigenvalue weighted by Crippen LogP contribution is 2.29. The maximum Gasteiger partial charge on any atom is 0.106 e. The minimum absolute atomic E-state index is 0.272. The summed E-state index contributed by atoms with van der Waals surface area (Å²) in [5, 5.41) is 12.0. The number of thioether (sulfide) groups is 1. The topological polar surface area (TPSA) is 71.2 Å². The number of aliphatic hydroxyl groups excluding tert-OH is 1. The predicted octanol–water partition coefficient (Wildman–Crippen LogP) is 2.41. The minimum Gasteiger partial charge on any atom is -0.396 e. The number of nitrogen functional groups attached to an aromatic ring is 1. The van der Waals surface area contributed by atoms with E-state index in [1.807, 2.05) is 29.4 Å². The van der Waals surface area contributed by atoms with Crippen molar-refractivity contribution in [2.75, 3.05) is 35.7 Å². The van der Waals surface area contributed by atoms with E-state index in [4.69, 9.17) is 10.8 Å². The van der Waals surface area contributed by atoms with Gasteiger partial charge in [0, 0.05) is 18.9 Å². The first kappa shape index (κ1) is 13.5. The molecule has 1 heterocycles. The summed E-state index contributed by atoms with van der Waals surface area (Å²) in [4.78, 5) is 4.27. The minimum atomic E-state index is 0.272. The fraction of sp³-hybridized carbons (Fsp3) is 0.417. The molecule has 0 saturated heterocycles. The van der Waals surface area contributed by atoms with Gasteiger partial charge in [-0.05, 0) is 24.3 Å². The maximum atomic E-state index is 8.67. The highest BCUT2D eigenvalue weighted by Gasteiger charge is 2.05. The van der Waals surface area contributed by atoms with Gasteiger partial charge >= 0.3 is 0 Å². The summed E-state index contributed by atoms with van der Waals surface area (Å²) in [6, 6.07) is 4.05. The molecule has 0 saturated carbocycles. The molecule has 98 valence electrons. The molecule has 0 aliphatic rings. The molecule has 1 aromatic heterocycles. The van der Waals surface area contributed by atoms with E-state index in [1.54, 1.807) is 11.3 Å². The monoisotopic (exact) mass is 283 g/mol. The van der Waals surface area contributed by atoms with Crippen molar-refractivity contribution in [3.8, 4) is 0 Å². The lowest BCUT2D eigenvalue weighted by Crippen LogP contribution is -2.07. The van der Waals surface area contributed by atoms with Gasteiger partial charge in [-0.2, -0.15) is 11.8 Å². The molecule has 4 N–H and O–H groups in total. The molecule has 0 bridgehead atoms. The third-order valence-corrected chi connectivity index (χ3v) is 4.41. The van der Waals surface area contributed by atoms with Crippen LogP contribution in [-0.2, 0) is 0 Å². The number of rotatable bonds is 7. The van der Waals surface area contributed by atoms with Crippen LogP contribution in [0, 0.1) is 0 Å². The summed E-state index contributed by atoms with van der Waals surface area (Å²) < 4.78 is 1.12. The molecule has 0 unspecified atom stereocenters. The highest BCUT2D eigenvalue weighted by molar-refractivity contribution is 7.99. The summed E-state index contributed by atoms with van der Waals surface area (Å²) in [6.45, 7) is 1.14. The smallest absolute Gasteiger partial charge is 0.106 e. The number of nitrogens with one attached hydrogen (secondary N) is 1. The van der Waals surface area contributed by atoms with E-state index in [-0.39, 0.29) is 6.61 Å². The standard InChI is InChI=1S/C12H17N3OS2/c13-11-9(14-4-7-17-6-1-5-16)2-3-10-12(11)15-8-18-10/h2-3,8,14,16H,1,4-7,13H2. The molecule has 0 aliphatic heterocycles. The van der Waals surface area contributed by atoms with Crippen molar-refractivity contribution in [2.24, 2.45) is 0 Å². The van der Waals surface area contributed by atoms with E-state index in [1.165, 1.54) is 0 Å². The Morgan fingerprint density at radius 2 is 2.28 bits per heavy atom. The number of fused-ring (bicyclic) bond motifs is 1. The maximum absolute atomic E-state index is 8.67. The summed E-state index contributed by atoms with van der Waals surface area (Å²) in [5.74, 6) is 2.01. The summed E-state index contributed by atoms with van der Waals surface area (Å²) in [5.41, 5.74) is 10.5. The molecule has 1 aromatic carbocycles. The van der Waals surface area contributed by atoms with Crippen LogP contribution in [0.5, 0.6) is 0 Å². The molecule has 4 nitrogen and oxygen atoms in total. The Hall–Kier alpha value is -0.980. The van der Waals surface area contributed by atoms with Gasteiger partial charge in [-0.25, -0.2) is 4.98 Å². The Morgan fingerprint density at radius 1 is 1.39 bits per heavy atom. The Balaban J connectivity index is 1.86. The van der Waals surface area contributed by atoms with Gasteiger partial charge in [0.15, 0.2) is 0 Å².